The molecule has 0 aliphatic rings. The minimum absolute atomic E-state index is 0.0608. The van der Waals surface area contributed by atoms with Crippen molar-refractivity contribution in [2.75, 3.05) is 0 Å². The topological polar surface area (TPSA) is 86.7 Å². The molecule has 0 bridgehead atoms. The summed E-state index contributed by atoms with van der Waals surface area (Å²) >= 11 is 1.41. The number of rotatable bonds is 3. The molecule has 0 atom stereocenters. The number of imidazole rings is 1. The normalized spacial score (nSPS) is 10.6. The van der Waals surface area contributed by atoms with Gasteiger partial charge in [0.15, 0.2) is 10.7 Å². The van der Waals surface area contributed by atoms with E-state index in [9.17, 15) is 14.9 Å². The van der Waals surface area contributed by atoms with Crippen LogP contribution in [0.3, 0.4) is 0 Å². The highest BCUT2D eigenvalue weighted by molar-refractivity contribution is 7.15. The summed E-state index contributed by atoms with van der Waals surface area (Å²) < 4.78 is 6.78. The van der Waals surface area contributed by atoms with Crippen LogP contribution in [0.15, 0.2) is 42.0 Å². The Morgan fingerprint density at radius 1 is 1.35 bits per heavy atom. The van der Waals surface area contributed by atoms with Crippen LogP contribution in [0.4, 0.5) is 5.69 Å². The number of hydrogen-bond donors (Lipinski definition) is 0. The van der Waals surface area contributed by atoms with E-state index >= 15 is 0 Å². The largest absolute Gasteiger partial charge is 0.422 e. The van der Waals surface area contributed by atoms with Gasteiger partial charge >= 0.3 is 5.97 Å². The van der Waals surface area contributed by atoms with Gasteiger partial charge in [-0.05, 0) is 12.1 Å². The molecule has 100 valence electrons. The van der Waals surface area contributed by atoms with Crippen LogP contribution >= 0.6 is 11.3 Å². The Morgan fingerprint density at radius 3 is 2.80 bits per heavy atom. The third-order valence-corrected chi connectivity index (χ3v) is 3.38. The fourth-order valence-corrected chi connectivity index (χ4v) is 2.36. The van der Waals surface area contributed by atoms with Gasteiger partial charge in [0.25, 0.3) is 5.69 Å². The number of ether oxygens (including phenoxy) is 1. The lowest BCUT2D eigenvalue weighted by atomic mass is 10.3. The summed E-state index contributed by atoms with van der Waals surface area (Å²) in [5, 5.41) is 12.3. The van der Waals surface area contributed by atoms with Crippen LogP contribution in [0, 0.1) is 10.1 Å². The van der Waals surface area contributed by atoms with E-state index < -0.39 is 10.9 Å². The Labute approximate surface area is 116 Å². The standard InChI is InChI=1S/C12H7N3O4S/c16-11(10-7-13-12-14(10)5-6-20-12)19-9-3-1-8(2-4-9)15(17)18/h1-7H. The molecule has 2 aromatic heterocycles. The monoisotopic (exact) mass is 289 g/mol. The first kappa shape index (κ1) is 12.3. The summed E-state index contributed by atoms with van der Waals surface area (Å²) in [5.41, 5.74) is 0.244. The summed E-state index contributed by atoms with van der Waals surface area (Å²) in [7, 11) is 0. The fourth-order valence-electron chi connectivity index (χ4n) is 1.67. The van der Waals surface area contributed by atoms with Crippen LogP contribution < -0.4 is 4.74 Å². The Balaban J connectivity index is 1.82. The van der Waals surface area contributed by atoms with Gasteiger partial charge < -0.3 is 4.74 Å². The number of nitro groups is 1. The smallest absolute Gasteiger partial charge is 0.362 e. The van der Waals surface area contributed by atoms with Gasteiger partial charge in [0.2, 0.25) is 0 Å². The van der Waals surface area contributed by atoms with E-state index in [1.54, 1.807) is 10.6 Å². The SMILES string of the molecule is O=C(Oc1ccc([N+](=O)[O-])cc1)c1cnc2sccn12. The lowest BCUT2D eigenvalue weighted by molar-refractivity contribution is -0.384. The molecule has 20 heavy (non-hydrogen) atoms. The maximum atomic E-state index is 12.0. The molecule has 3 rings (SSSR count). The number of carbonyl (C=O) groups is 1. The van der Waals surface area contributed by atoms with E-state index in [-0.39, 0.29) is 11.4 Å². The Morgan fingerprint density at radius 2 is 2.10 bits per heavy atom. The summed E-state index contributed by atoms with van der Waals surface area (Å²) in [6.45, 7) is 0. The third-order valence-electron chi connectivity index (χ3n) is 2.61. The lowest BCUT2D eigenvalue weighted by Gasteiger charge is -2.02. The Hall–Kier alpha value is -2.74. The Bertz CT molecular complexity index is 791. The van der Waals surface area contributed by atoms with Gasteiger partial charge in [-0.1, -0.05) is 0 Å². The molecule has 0 aliphatic heterocycles. The molecule has 3 aromatic rings. The number of non-ortho nitro benzene ring substituents is 1. The number of fused-ring (bicyclic) bond motifs is 1. The van der Waals surface area contributed by atoms with Gasteiger partial charge in [-0.3, -0.25) is 14.5 Å². The molecule has 0 aliphatic carbocycles. The average molecular weight is 289 g/mol. The number of nitrogens with zero attached hydrogens (tertiary/aromatic N) is 3. The quantitative estimate of drug-likeness (QED) is 0.320. The van der Waals surface area contributed by atoms with Crippen molar-refractivity contribution in [2.24, 2.45) is 0 Å². The molecule has 0 saturated carbocycles. The second-order valence-electron chi connectivity index (χ2n) is 3.84. The van der Waals surface area contributed by atoms with E-state index in [0.29, 0.717) is 10.7 Å². The van der Waals surface area contributed by atoms with Crippen molar-refractivity contribution < 1.29 is 14.5 Å². The van der Waals surface area contributed by atoms with Crippen molar-refractivity contribution in [1.29, 1.82) is 0 Å². The van der Waals surface area contributed by atoms with Gasteiger partial charge in [-0.25, -0.2) is 9.78 Å². The molecule has 0 saturated heterocycles. The van der Waals surface area contributed by atoms with Crippen molar-refractivity contribution in [1.82, 2.24) is 9.38 Å². The van der Waals surface area contributed by atoms with E-state index in [0.717, 1.165) is 0 Å². The molecule has 0 fully saturated rings. The molecular formula is C12H7N3O4S. The van der Waals surface area contributed by atoms with Crippen molar-refractivity contribution in [3.8, 4) is 5.75 Å². The first-order valence-corrected chi connectivity index (χ1v) is 6.40. The van der Waals surface area contributed by atoms with Crippen LogP contribution in [-0.4, -0.2) is 20.3 Å². The van der Waals surface area contributed by atoms with Crippen LogP contribution in [0.1, 0.15) is 10.5 Å². The average Bonchev–Trinajstić information content (AvgIpc) is 3.01. The summed E-state index contributed by atoms with van der Waals surface area (Å²) in [5.74, 6) is -0.324. The van der Waals surface area contributed by atoms with E-state index in [1.165, 1.54) is 41.8 Å². The maximum Gasteiger partial charge on any atom is 0.362 e. The zero-order valence-electron chi connectivity index (χ0n) is 9.92. The minimum Gasteiger partial charge on any atom is -0.422 e. The molecule has 0 spiro atoms. The van der Waals surface area contributed by atoms with E-state index in [4.69, 9.17) is 4.74 Å². The number of carbonyl (C=O) groups excluding carboxylic acids is 1. The van der Waals surface area contributed by atoms with Gasteiger partial charge in [0.05, 0.1) is 11.1 Å². The summed E-state index contributed by atoms with van der Waals surface area (Å²) in [6.07, 6.45) is 3.15. The molecule has 0 N–H and O–H groups in total. The van der Waals surface area contributed by atoms with Gasteiger partial charge in [-0.15, -0.1) is 11.3 Å². The van der Waals surface area contributed by atoms with Crippen molar-refractivity contribution in [3.05, 3.63) is 57.8 Å². The number of benzene rings is 1. The number of hydrogen-bond acceptors (Lipinski definition) is 6. The molecule has 0 unspecified atom stereocenters. The predicted molar refractivity (Wildman–Crippen MR) is 71.1 cm³/mol. The van der Waals surface area contributed by atoms with Crippen LogP contribution in [0.25, 0.3) is 4.96 Å². The van der Waals surface area contributed by atoms with Crippen molar-refractivity contribution >= 4 is 28.0 Å². The Kier molecular flexibility index (Phi) is 2.92. The number of nitro benzene ring substituents is 1. The number of aromatic nitrogens is 2. The van der Waals surface area contributed by atoms with Crippen LogP contribution in [0.5, 0.6) is 5.75 Å². The fraction of sp³-hybridized carbons (Fsp3) is 0. The molecule has 7 nitrogen and oxygen atoms in total. The predicted octanol–water partition coefficient (Wildman–Crippen LogP) is 2.52. The zero-order chi connectivity index (χ0) is 14.1. The van der Waals surface area contributed by atoms with Crippen LogP contribution in [0.2, 0.25) is 0 Å². The number of esters is 1. The molecule has 1 aromatic carbocycles. The highest BCUT2D eigenvalue weighted by Crippen LogP contribution is 2.19. The van der Waals surface area contributed by atoms with Crippen molar-refractivity contribution in [3.63, 3.8) is 0 Å². The van der Waals surface area contributed by atoms with E-state index in [2.05, 4.69) is 4.98 Å². The maximum absolute atomic E-state index is 12.0. The van der Waals surface area contributed by atoms with Gasteiger partial charge in [0.1, 0.15) is 5.75 Å². The van der Waals surface area contributed by atoms with Crippen LogP contribution in [-0.2, 0) is 0 Å². The lowest BCUT2D eigenvalue weighted by Crippen LogP contribution is -2.10. The highest BCUT2D eigenvalue weighted by Gasteiger charge is 2.15. The first-order valence-electron chi connectivity index (χ1n) is 5.52. The van der Waals surface area contributed by atoms with Gasteiger partial charge in [-0.2, -0.15) is 0 Å². The summed E-state index contributed by atoms with van der Waals surface area (Å²) in [4.78, 5) is 26.8. The third kappa shape index (κ3) is 2.12. The molecule has 8 heteroatoms. The first-order chi connectivity index (χ1) is 9.65. The molecule has 0 radical (unpaired) electrons. The zero-order valence-corrected chi connectivity index (χ0v) is 10.7. The second kappa shape index (κ2) is 4.74. The summed E-state index contributed by atoms with van der Waals surface area (Å²) in [6, 6.07) is 5.31. The van der Waals surface area contributed by atoms with Gasteiger partial charge in [0, 0.05) is 23.7 Å². The molecule has 2 heterocycles. The van der Waals surface area contributed by atoms with E-state index in [1.807, 2.05) is 5.38 Å². The molecule has 0 amide bonds. The van der Waals surface area contributed by atoms with Crippen molar-refractivity contribution in [2.45, 2.75) is 0 Å². The number of thiazole rings is 1. The minimum atomic E-state index is -0.565. The second-order valence-corrected chi connectivity index (χ2v) is 4.71. The molecular weight excluding hydrogens is 282 g/mol. The highest BCUT2D eigenvalue weighted by atomic mass is 32.1.